The molecule has 1 atom stereocenters. The van der Waals surface area contributed by atoms with Gasteiger partial charge in [0.15, 0.2) is 0 Å². The van der Waals surface area contributed by atoms with Crippen molar-refractivity contribution in [2.75, 3.05) is 13.2 Å². The van der Waals surface area contributed by atoms with Crippen LogP contribution in [0.1, 0.15) is 42.9 Å². The number of carbonyl (C=O) groups is 2. The van der Waals surface area contributed by atoms with Crippen LogP contribution in [-0.2, 0) is 22.6 Å². The van der Waals surface area contributed by atoms with Gasteiger partial charge in [-0.25, -0.2) is 0 Å². The smallest absolute Gasteiger partial charge is 0.243 e. The fraction of sp³-hybridized carbons (Fsp3) is 0.333. The van der Waals surface area contributed by atoms with Gasteiger partial charge in [-0.1, -0.05) is 84.2 Å². The van der Waals surface area contributed by atoms with Crippen LogP contribution in [0.4, 0.5) is 0 Å². The van der Waals surface area contributed by atoms with E-state index in [9.17, 15) is 9.59 Å². The van der Waals surface area contributed by atoms with Gasteiger partial charge in [-0.3, -0.25) is 9.59 Å². The maximum atomic E-state index is 13.6. The largest absolute Gasteiger partial charge is 0.494 e. The zero-order chi connectivity index (χ0) is 26.6. The summed E-state index contributed by atoms with van der Waals surface area (Å²) in [6, 6.07) is 22.2. The Morgan fingerprint density at radius 2 is 1.68 bits per heavy atom. The number of hydrogen-bond donors (Lipinski definition) is 1. The SMILES string of the molecule is CCCNC(=O)[C@@H](Cc1ccccc1)N(Cc1ccc(Cl)c(Cl)c1)C(=O)CCCOc1ccc(C)cc1. The van der Waals surface area contributed by atoms with Gasteiger partial charge in [0.25, 0.3) is 0 Å². The molecule has 7 heteroatoms. The number of nitrogens with zero attached hydrogens (tertiary/aromatic N) is 1. The number of rotatable bonds is 13. The highest BCUT2D eigenvalue weighted by molar-refractivity contribution is 6.42. The van der Waals surface area contributed by atoms with Crippen molar-refractivity contribution in [3.63, 3.8) is 0 Å². The molecule has 2 amide bonds. The standard InChI is InChI=1S/C30H34Cl2N2O3/c1-3-17-33-30(36)28(20-23-8-5-4-6-9-23)34(21-24-13-16-26(31)27(32)19-24)29(35)10-7-18-37-25-14-11-22(2)12-15-25/h4-6,8-9,11-16,19,28H,3,7,10,17-18,20-21H2,1-2H3,(H,33,36)/t28-/m1/s1. The van der Waals surface area contributed by atoms with Crippen LogP contribution in [0.3, 0.4) is 0 Å². The number of nitrogens with one attached hydrogen (secondary N) is 1. The molecule has 0 aliphatic heterocycles. The molecule has 1 N–H and O–H groups in total. The third-order valence-corrected chi connectivity index (χ3v) is 6.72. The van der Waals surface area contributed by atoms with Crippen molar-refractivity contribution in [2.45, 2.75) is 52.1 Å². The quantitative estimate of drug-likeness (QED) is 0.247. The lowest BCUT2D eigenvalue weighted by molar-refractivity contribution is -0.141. The Bertz CT molecular complexity index is 1150. The van der Waals surface area contributed by atoms with E-state index in [1.807, 2.05) is 74.5 Å². The van der Waals surface area contributed by atoms with E-state index in [0.29, 0.717) is 36.0 Å². The van der Waals surface area contributed by atoms with Crippen LogP contribution < -0.4 is 10.1 Å². The van der Waals surface area contributed by atoms with Gasteiger partial charge in [-0.2, -0.15) is 0 Å². The van der Waals surface area contributed by atoms with Gasteiger partial charge in [0.1, 0.15) is 11.8 Å². The van der Waals surface area contributed by atoms with Crippen molar-refractivity contribution in [3.05, 3.63) is 99.5 Å². The number of halogens is 2. The Morgan fingerprint density at radius 3 is 2.35 bits per heavy atom. The first-order valence-corrected chi connectivity index (χ1v) is 13.4. The van der Waals surface area contributed by atoms with Gasteiger partial charge >= 0.3 is 0 Å². The zero-order valence-corrected chi connectivity index (χ0v) is 22.9. The third kappa shape index (κ3) is 9.10. The topological polar surface area (TPSA) is 58.6 Å². The van der Waals surface area contributed by atoms with E-state index >= 15 is 0 Å². The lowest BCUT2D eigenvalue weighted by Gasteiger charge is -2.31. The van der Waals surface area contributed by atoms with Gasteiger partial charge in [0, 0.05) is 25.9 Å². The molecular weight excluding hydrogens is 507 g/mol. The predicted molar refractivity (Wildman–Crippen MR) is 150 cm³/mol. The summed E-state index contributed by atoms with van der Waals surface area (Å²) in [5, 5.41) is 3.84. The average Bonchev–Trinajstić information content (AvgIpc) is 2.90. The summed E-state index contributed by atoms with van der Waals surface area (Å²) in [5.74, 6) is 0.479. The molecule has 0 heterocycles. The van der Waals surface area contributed by atoms with E-state index in [1.165, 1.54) is 0 Å². The Labute approximate surface area is 229 Å². The molecule has 0 spiro atoms. The van der Waals surface area contributed by atoms with E-state index in [-0.39, 0.29) is 24.8 Å². The normalized spacial score (nSPS) is 11.6. The molecule has 0 aromatic heterocycles. The van der Waals surface area contributed by atoms with Crippen molar-refractivity contribution in [1.29, 1.82) is 0 Å². The summed E-state index contributed by atoms with van der Waals surface area (Å²) >= 11 is 12.4. The van der Waals surface area contributed by atoms with Crippen LogP contribution >= 0.6 is 23.2 Å². The van der Waals surface area contributed by atoms with Crippen LogP contribution in [-0.4, -0.2) is 35.9 Å². The minimum absolute atomic E-state index is 0.119. The van der Waals surface area contributed by atoms with Crippen molar-refractivity contribution in [1.82, 2.24) is 10.2 Å². The first-order valence-electron chi connectivity index (χ1n) is 12.6. The third-order valence-electron chi connectivity index (χ3n) is 5.98. The van der Waals surface area contributed by atoms with Gasteiger partial charge in [-0.15, -0.1) is 0 Å². The van der Waals surface area contributed by atoms with Crippen LogP contribution in [0.15, 0.2) is 72.8 Å². The molecule has 0 unspecified atom stereocenters. The van der Waals surface area contributed by atoms with E-state index in [4.69, 9.17) is 27.9 Å². The molecule has 0 aliphatic carbocycles. The van der Waals surface area contributed by atoms with Crippen molar-refractivity contribution >= 4 is 35.0 Å². The molecule has 0 saturated carbocycles. The highest BCUT2D eigenvalue weighted by atomic mass is 35.5. The van der Waals surface area contributed by atoms with Gasteiger partial charge in [0.05, 0.1) is 16.7 Å². The van der Waals surface area contributed by atoms with Gasteiger partial charge < -0.3 is 15.0 Å². The van der Waals surface area contributed by atoms with E-state index < -0.39 is 6.04 Å². The lowest BCUT2D eigenvalue weighted by Crippen LogP contribution is -2.50. The minimum Gasteiger partial charge on any atom is -0.494 e. The molecular formula is C30H34Cl2N2O3. The predicted octanol–water partition coefficient (Wildman–Crippen LogP) is 6.63. The summed E-state index contributed by atoms with van der Waals surface area (Å²) < 4.78 is 5.81. The maximum Gasteiger partial charge on any atom is 0.243 e. The number of carbonyl (C=O) groups excluding carboxylic acids is 2. The molecule has 0 fully saturated rings. The molecule has 0 radical (unpaired) electrons. The van der Waals surface area contributed by atoms with Crippen LogP contribution in [0, 0.1) is 6.92 Å². The Hall–Kier alpha value is -3.02. The maximum absolute atomic E-state index is 13.6. The first-order chi connectivity index (χ1) is 17.9. The molecule has 3 rings (SSSR count). The number of amides is 2. The van der Waals surface area contributed by atoms with Crippen LogP contribution in [0.25, 0.3) is 0 Å². The molecule has 3 aromatic rings. The summed E-state index contributed by atoms with van der Waals surface area (Å²) in [5.41, 5.74) is 2.94. The Kier molecular flexibility index (Phi) is 11.3. The van der Waals surface area contributed by atoms with Crippen LogP contribution in [0.2, 0.25) is 10.0 Å². The van der Waals surface area contributed by atoms with Crippen molar-refractivity contribution in [2.24, 2.45) is 0 Å². The number of hydrogen-bond acceptors (Lipinski definition) is 3. The minimum atomic E-state index is -0.672. The summed E-state index contributed by atoms with van der Waals surface area (Å²) in [6.45, 7) is 5.21. The van der Waals surface area contributed by atoms with E-state index in [1.54, 1.807) is 17.0 Å². The fourth-order valence-electron chi connectivity index (χ4n) is 3.95. The van der Waals surface area contributed by atoms with Crippen molar-refractivity contribution < 1.29 is 14.3 Å². The molecule has 0 bridgehead atoms. The zero-order valence-electron chi connectivity index (χ0n) is 21.4. The number of ether oxygens (including phenoxy) is 1. The molecule has 3 aromatic carbocycles. The van der Waals surface area contributed by atoms with E-state index in [0.717, 1.165) is 28.9 Å². The first kappa shape index (κ1) is 28.5. The number of benzene rings is 3. The molecule has 37 heavy (non-hydrogen) atoms. The molecule has 0 saturated heterocycles. The second-order valence-electron chi connectivity index (χ2n) is 9.03. The summed E-state index contributed by atoms with van der Waals surface area (Å²) in [6.07, 6.45) is 1.99. The Morgan fingerprint density at radius 1 is 0.946 bits per heavy atom. The second-order valence-corrected chi connectivity index (χ2v) is 9.85. The van der Waals surface area contributed by atoms with Crippen LogP contribution in [0.5, 0.6) is 5.75 Å². The highest BCUT2D eigenvalue weighted by Crippen LogP contribution is 2.25. The molecule has 5 nitrogen and oxygen atoms in total. The number of aryl methyl sites for hydroxylation is 1. The fourth-order valence-corrected chi connectivity index (χ4v) is 4.27. The highest BCUT2D eigenvalue weighted by Gasteiger charge is 2.30. The second kappa shape index (κ2) is 14.7. The monoisotopic (exact) mass is 540 g/mol. The molecule has 0 aliphatic rings. The van der Waals surface area contributed by atoms with E-state index in [2.05, 4.69) is 5.32 Å². The van der Waals surface area contributed by atoms with Crippen molar-refractivity contribution in [3.8, 4) is 5.75 Å². The lowest BCUT2D eigenvalue weighted by atomic mass is 10.0. The molecule has 196 valence electrons. The average molecular weight is 542 g/mol. The summed E-state index contributed by atoms with van der Waals surface area (Å²) in [4.78, 5) is 28.6. The summed E-state index contributed by atoms with van der Waals surface area (Å²) in [7, 11) is 0. The van der Waals surface area contributed by atoms with Gasteiger partial charge in [-0.05, 0) is 55.2 Å². The Balaban J connectivity index is 1.79. The van der Waals surface area contributed by atoms with Gasteiger partial charge in [0.2, 0.25) is 11.8 Å².